The van der Waals surface area contributed by atoms with Crippen molar-refractivity contribution in [1.82, 2.24) is 5.32 Å². The maximum absolute atomic E-state index is 11.8. The molecule has 1 atom stereocenters. The number of carbonyl (C=O) groups is 2. The smallest absolute Gasteiger partial charge is 0.342 e. The lowest BCUT2D eigenvalue weighted by atomic mass is 10.2. The Morgan fingerprint density at radius 2 is 2.10 bits per heavy atom. The number of rotatable bonds is 7. The highest BCUT2D eigenvalue weighted by molar-refractivity contribution is 5.94. The molecule has 0 saturated heterocycles. The van der Waals surface area contributed by atoms with Crippen molar-refractivity contribution in [3.8, 4) is 11.5 Å². The number of para-hydroxylation sites is 1. The second kappa shape index (κ2) is 8.14. The molecule has 21 heavy (non-hydrogen) atoms. The van der Waals surface area contributed by atoms with Crippen molar-refractivity contribution in [3.63, 3.8) is 0 Å². The molecule has 0 saturated carbocycles. The number of esters is 1. The number of ether oxygens (including phenoxy) is 2. The molecule has 0 radical (unpaired) electrons. The molecule has 1 aromatic rings. The SMILES string of the molecule is CCCC(C)NC(=O)COC(=O)c1cccc(OC)c1O. The van der Waals surface area contributed by atoms with Gasteiger partial charge in [0.05, 0.1) is 7.11 Å². The van der Waals surface area contributed by atoms with Gasteiger partial charge in [0.1, 0.15) is 5.56 Å². The van der Waals surface area contributed by atoms with Crippen molar-refractivity contribution in [3.05, 3.63) is 23.8 Å². The van der Waals surface area contributed by atoms with Gasteiger partial charge in [-0.1, -0.05) is 19.4 Å². The van der Waals surface area contributed by atoms with Gasteiger partial charge in [0.15, 0.2) is 18.1 Å². The fourth-order valence-electron chi connectivity index (χ4n) is 1.88. The third-order valence-electron chi connectivity index (χ3n) is 2.90. The minimum atomic E-state index is -0.773. The van der Waals surface area contributed by atoms with Crippen LogP contribution in [0.25, 0.3) is 0 Å². The van der Waals surface area contributed by atoms with E-state index in [2.05, 4.69) is 5.32 Å². The Kier molecular flexibility index (Phi) is 6.52. The van der Waals surface area contributed by atoms with Gasteiger partial charge < -0.3 is 19.9 Å². The van der Waals surface area contributed by atoms with Crippen LogP contribution in [0.2, 0.25) is 0 Å². The molecule has 2 N–H and O–H groups in total. The summed E-state index contributed by atoms with van der Waals surface area (Å²) in [6.07, 6.45) is 1.81. The highest BCUT2D eigenvalue weighted by Crippen LogP contribution is 2.29. The average molecular weight is 295 g/mol. The van der Waals surface area contributed by atoms with E-state index in [9.17, 15) is 14.7 Å². The number of benzene rings is 1. The van der Waals surface area contributed by atoms with Crippen LogP contribution in [0.4, 0.5) is 0 Å². The normalized spacial score (nSPS) is 11.6. The summed E-state index contributed by atoms with van der Waals surface area (Å²) in [4.78, 5) is 23.4. The molecule has 1 aromatic carbocycles. The number of aromatic hydroxyl groups is 1. The van der Waals surface area contributed by atoms with E-state index in [1.807, 2.05) is 13.8 Å². The molecule has 0 aromatic heterocycles. The Bertz CT molecular complexity index is 501. The number of amides is 1. The molecule has 0 aliphatic carbocycles. The van der Waals surface area contributed by atoms with Crippen LogP contribution in [0.5, 0.6) is 11.5 Å². The van der Waals surface area contributed by atoms with Gasteiger partial charge in [0.25, 0.3) is 5.91 Å². The molecule has 1 amide bonds. The summed E-state index contributed by atoms with van der Waals surface area (Å²) in [5.41, 5.74) is -0.0382. The van der Waals surface area contributed by atoms with E-state index in [1.54, 1.807) is 6.07 Å². The van der Waals surface area contributed by atoms with Gasteiger partial charge >= 0.3 is 5.97 Å². The number of hydrogen-bond donors (Lipinski definition) is 2. The highest BCUT2D eigenvalue weighted by atomic mass is 16.5. The molecule has 1 unspecified atom stereocenters. The second-order valence-corrected chi connectivity index (χ2v) is 4.69. The quantitative estimate of drug-likeness (QED) is 0.750. The first-order valence-corrected chi connectivity index (χ1v) is 6.82. The minimum absolute atomic E-state index is 0.0337. The van der Waals surface area contributed by atoms with Gasteiger partial charge in [-0.2, -0.15) is 0 Å². The summed E-state index contributed by atoms with van der Waals surface area (Å²) < 4.78 is 9.79. The van der Waals surface area contributed by atoms with Crippen LogP contribution < -0.4 is 10.1 Å². The van der Waals surface area contributed by atoms with Gasteiger partial charge in [0, 0.05) is 6.04 Å². The maximum atomic E-state index is 11.8. The van der Waals surface area contributed by atoms with E-state index in [0.29, 0.717) is 0 Å². The second-order valence-electron chi connectivity index (χ2n) is 4.69. The van der Waals surface area contributed by atoms with Crippen LogP contribution in [0, 0.1) is 0 Å². The summed E-state index contributed by atoms with van der Waals surface area (Å²) >= 11 is 0. The van der Waals surface area contributed by atoms with Crippen LogP contribution in [0.1, 0.15) is 37.0 Å². The van der Waals surface area contributed by atoms with Crippen LogP contribution in [0.15, 0.2) is 18.2 Å². The summed E-state index contributed by atoms with van der Waals surface area (Å²) in [5.74, 6) is -1.27. The molecule has 0 aliphatic heterocycles. The van der Waals surface area contributed by atoms with Crippen LogP contribution >= 0.6 is 0 Å². The lowest BCUT2D eigenvalue weighted by Crippen LogP contribution is -2.35. The van der Waals surface area contributed by atoms with Crippen LogP contribution in [-0.4, -0.2) is 36.7 Å². The van der Waals surface area contributed by atoms with E-state index in [0.717, 1.165) is 12.8 Å². The maximum Gasteiger partial charge on any atom is 0.342 e. The van der Waals surface area contributed by atoms with Crippen molar-refractivity contribution in [2.24, 2.45) is 0 Å². The molecular formula is C15H21NO5. The van der Waals surface area contributed by atoms with Gasteiger partial charge in [0.2, 0.25) is 0 Å². The van der Waals surface area contributed by atoms with Crippen LogP contribution in [0.3, 0.4) is 0 Å². The Balaban J connectivity index is 2.56. The molecule has 0 spiro atoms. The number of phenolic OH excluding ortho intramolecular Hbond substituents is 1. The molecular weight excluding hydrogens is 274 g/mol. The topological polar surface area (TPSA) is 84.9 Å². The van der Waals surface area contributed by atoms with E-state index in [-0.39, 0.29) is 35.6 Å². The molecule has 6 nitrogen and oxygen atoms in total. The number of hydrogen-bond acceptors (Lipinski definition) is 5. The van der Waals surface area contributed by atoms with E-state index in [4.69, 9.17) is 9.47 Å². The molecule has 0 heterocycles. The fraction of sp³-hybridized carbons (Fsp3) is 0.467. The van der Waals surface area contributed by atoms with Crippen molar-refractivity contribution in [1.29, 1.82) is 0 Å². The number of carbonyl (C=O) groups excluding carboxylic acids is 2. The predicted molar refractivity (Wildman–Crippen MR) is 77.5 cm³/mol. The lowest BCUT2D eigenvalue weighted by molar-refractivity contribution is -0.124. The number of phenols is 1. The van der Waals surface area contributed by atoms with Crippen molar-refractivity contribution < 1.29 is 24.2 Å². The first kappa shape index (κ1) is 16.8. The fourth-order valence-corrected chi connectivity index (χ4v) is 1.88. The van der Waals surface area contributed by atoms with Gasteiger partial charge in [-0.15, -0.1) is 0 Å². The first-order valence-electron chi connectivity index (χ1n) is 6.82. The Morgan fingerprint density at radius 1 is 1.38 bits per heavy atom. The zero-order valence-corrected chi connectivity index (χ0v) is 12.5. The Hall–Kier alpha value is -2.24. The number of methoxy groups -OCH3 is 1. The van der Waals surface area contributed by atoms with E-state index in [1.165, 1.54) is 19.2 Å². The first-order chi connectivity index (χ1) is 9.99. The third-order valence-corrected chi connectivity index (χ3v) is 2.90. The Labute approximate surface area is 124 Å². The van der Waals surface area contributed by atoms with E-state index >= 15 is 0 Å². The Morgan fingerprint density at radius 3 is 2.71 bits per heavy atom. The van der Waals surface area contributed by atoms with Gasteiger partial charge in [-0.25, -0.2) is 4.79 Å². The average Bonchev–Trinajstić information content (AvgIpc) is 2.45. The molecule has 1 rings (SSSR count). The van der Waals surface area contributed by atoms with Gasteiger partial charge in [-0.05, 0) is 25.5 Å². The number of nitrogens with one attached hydrogen (secondary N) is 1. The summed E-state index contributed by atoms with van der Waals surface area (Å²) in [6.45, 7) is 3.52. The van der Waals surface area contributed by atoms with Crippen molar-refractivity contribution >= 4 is 11.9 Å². The van der Waals surface area contributed by atoms with E-state index < -0.39 is 5.97 Å². The van der Waals surface area contributed by atoms with Gasteiger partial charge in [-0.3, -0.25) is 4.79 Å². The third kappa shape index (κ3) is 4.98. The lowest BCUT2D eigenvalue weighted by Gasteiger charge is -2.13. The predicted octanol–water partition coefficient (Wildman–Crippen LogP) is 1.86. The zero-order valence-electron chi connectivity index (χ0n) is 12.5. The monoisotopic (exact) mass is 295 g/mol. The zero-order chi connectivity index (χ0) is 15.8. The van der Waals surface area contributed by atoms with Crippen molar-refractivity contribution in [2.45, 2.75) is 32.7 Å². The van der Waals surface area contributed by atoms with Crippen LogP contribution in [-0.2, 0) is 9.53 Å². The molecule has 6 heteroatoms. The molecule has 0 aliphatic rings. The van der Waals surface area contributed by atoms with Crippen molar-refractivity contribution in [2.75, 3.05) is 13.7 Å². The molecule has 0 fully saturated rings. The summed E-state index contributed by atoms with van der Waals surface area (Å²) in [5, 5.41) is 12.5. The summed E-state index contributed by atoms with van der Waals surface area (Å²) in [6, 6.07) is 4.51. The standard InChI is InChI=1S/C15H21NO5/c1-4-6-10(2)16-13(17)9-21-15(19)11-7-5-8-12(20-3)14(11)18/h5,7-8,10,18H,4,6,9H2,1-3H3,(H,16,17). The molecule has 0 bridgehead atoms. The molecule has 116 valence electrons. The minimum Gasteiger partial charge on any atom is -0.504 e. The largest absolute Gasteiger partial charge is 0.504 e. The summed E-state index contributed by atoms with van der Waals surface area (Å²) in [7, 11) is 1.38. The highest BCUT2D eigenvalue weighted by Gasteiger charge is 2.17.